The fraction of sp³-hybridized carbons (Fsp3) is 0.412. The summed E-state index contributed by atoms with van der Waals surface area (Å²) in [6.45, 7) is 1.64. The van der Waals surface area contributed by atoms with E-state index in [1.54, 1.807) is 24.7 Å². The van der Waals surface area contributed by atoms with Crippen molar-refractivity contribution in [3.05, 3.63) is 40.9 Å². The molecule has 1 heterocycles. The van der Waals surface area contributed by atoms with Gasteiger partial charge in [0, 0.05) is 19.5 Å². The van der Waals surface area contributed by atoms with E-state index in [9.17, 15) is 9.59 Å². The number of halogens is 1. The van der Waals surface area contributed by atoms with E-state index in [1.165, 1.54) is 4.90 Å². The van der Waals surface area contributed by atoms with Gasteiger partial charge >= 0.3 is 5.97 Å². The molecule has 7 nitrogen and oxygen atoms in total. The first-order valence-corrected chi connectivity index (χ1v) is 8.46. The summed E-state index contributed by atoms with van der Waals surface area (Å²) in [4.78, 5) is 29.3. The molecule has 1 aliphatic rings. The van der Waals surface area contributed by atoms with E-state index in [0.717, 1.165) is 18.7 Å². The van der Waals surface area contributed by atoms with Crippen LogP contribution in [0.5, 0.6) is 0 Å². The highest BCUT2D eigenvalue weighted by molar-refractivity contribution is 6.32. The zero-order chi connectivity index (χ0) is 18.1. The quantitative estimate of drug-likeness (QED) is 0.853. The number of para-hydroxylation sites is 1. The lowest BCUT2D eigenvalue weighted by atomic mass is 10.2. The van der Waals surface area contributed by atoms with Gasteiger partial charge in [-0.25, -0.2) is 9.67 Å². The summed E-state index contributed by atoms with van der Waals surface area (Å²) in [5, 5.41) is 13.9. The molecule has 1 aromatic heterocycles. The monoisotopic (exact) mass is 362 g/mol. The smallest absolute Gasteiger partial charge is 0.308 e. The molecule has 1 saturated carbocycles. The van der Waals surface area contributed by atoms with Gasteiger partial charge in [0.1, 0.15) is 5.82 Å². The fourth-order valence-electron chi connectivity index (χ4n) is 2.56. The Bertz CT molecular complexity index is 816. The number of carboxylic acid groups (broad SMARTS) is 1. The molecule has 25 heavy (non-hydrogen) atoms. The summed E-state index contributed by atoms with van der Waals surface area (Å²) in [7, 11) is 1.55. The van der Waals surface area contributed by atoms with Crippen LogP contribution in [0.3, 0.4) is 0 Å². The van der Waals surface area contributed by atoms with Crippen LogP contribution in [0, 0.1) is 5.92 Å². The summed E-state index contributed by atoms with van der Waals surface area (Å²) >= 11 is 6.26. The van der Waals surface area contributed by atoms with Gasteiger partial charge < -0.3 is 10.0 Å². The molecule has 1 fully saturated rings. The van der Waals surface area contributed by atoms with Gasteiger partial charge in [-0.2, -0.15) is 0 Å². The molecular formula is C17H19ClN4O3. The number of aliphatic carboxylic acids is 1. The first kappa shape index (κ1) is 17.4. The molecule has 1 aliphatic carbocycles. The van der Waals surface area contributed by atoms with Gasteiger partial charge in [-0.05, 0) is 25.0 Å². The number of hydrogen-bond acceptors (Lipinski definition) is 4. The minimum Gasteiger partial charge on any atom is -0.481 e. The maximum Gasteiger partial charge on any atom is 0.308 e. The van der Waals surface area contributed by atoms with Crippen molar-refractivity contribution < 1.29 is 14.7 Å². The van der Waals surface area contributed by atoms with Gasteiger partial charge in [0.05, 0.1) is 16.6 Å². The van der Waals surface area contributed by atoms with Crippen LogP contribution in [-0.4, -0.2) is 50.2 Å². The van der Waals surface area contributed by atoms with Crippen molar-refractivity contribution in [2.24, 2.45) is 5.92 Å². The zero-order valence-corrected chi connectivity index (χ0v) is 14.8. The maximum absolute atomic E-state index is 12.6. The second-order valence-corrected chi connectivity index (χ2v) is 6.76. The Morgan fingerprint density at radius 3 is 2.68 bits per heavy atom. The molecule has 3 rings (SSSR count). The standard InChI is InChI=1S/C17H19ClN4O3/c1-10(17(24)25)9-21(2)16(23)14-19-15(11-7-8-11)22(20-14)13-6-4-3-5-12(13)18/h3-6,10-11H,7-9H2,1-2H3,(H,24,25). The Hall–Kier alpha value is -2.41. The lowest BCUT2D eigenvalue weighted by Gasteiger charge is -2.17. The van der Waals surface area contributed by atoms with Gasteiger partial charge in [0.2, 0.25) is 5.82 Å². The van der Waals surface area contributed by atoms with E-state index in [-0.39, 0.29) is 18.3 Å². The van der Waals surface area contributed by atoms with E-state index < -0.39 is 17.8 Å². The first-order valence-electron chi connectivity index (χ1n) is 8.08. The summed E-state index contributed by atoms with van der Waals surface area (Å²) in [6, 6.07) is 7.26. The summed E-state index contributed by atoms with van der Waals surface area (Å²) in [5.41, 5.74) is 0.680. The number of carbonyl (C=O) groups excluding carboxylic acids is 1. The molecule has 1 N–H and O–H groups in total. The summed E-state index contributed by atoms with van der Waals surface area (Å²) < 4.78 is 1.63. The van der Waals surface area contributed by atoms with Crippen LogP contribution in [0.1, 0.15) is 42.1 Å². The molecular weight excluding hydrogens is 344 g/mol. The maximum atomic E-state index is 12.6. The van der Waals surface area contributed by atoms with Crippen LogP contribution in [0.25, 0.3) is 5.69 Å². The fourth-order valence-corrected chi connectivity index (χ4v) is 2.78. The molecule has 0 spiro atoms. The molecule has 0 saturated heterocycles. The van der Waals surface area contributed by atoms with Gasteiger partial charge in [0.15, 0.2) is 0 Å². The largest absolute Gasteiger partial charge is 0.481 e. The molecule has 132 valence electrons. The van der Waals surface area contributed by atoms with E-state index >= 15 is 0 Å². The highest BCUT2D eigenvalue weighted by Crippen LogP contribution is 2.40. The average Bonchev–Trinajstić information content (AvgIpc) is 3.33. The number of hydrogen-bond donors (Lipinski definition) is 1. The number of carbonyl (C=O) groups is 2. The second kappa shape index (κ2) is 6.84. The van der Waals surface area contributed by atoms with Crippen LogP contribution in [0.15, 0.2) is 24.3 Å². The molecule has 0 radical (unpaired) electrons. The molecule has 0 bridgehead atoms. The predicted octanol–water partition coefficient (Wildman–Crippen LogP) is 2.59. The van der Waals surface area contributed by atoms with Crippen LogP contribution >= 0.6 is 11.6 Å². The highest BCUT2D eigenvalue weighted by atomic mass is 35.5. The second-order valence-electron chi connectivity index (χ2n) is 6.36. The molecule has 1 atom stereocenters. The number of amides is 1. The lowest BCUT2D eigenvalue weighted by molar-refractivity contribution is -0.141. The minimum atomic E-state index is -0.951. The van der Waals surface area contributed by atoms with Crippen LogP contribution in [-0.2, 0) is 4.79 Å². The SMILES string of the molecule is CC(CN(C)C(=O)c1nc(C2CC2)n(-c2ccccc2Cl)n1)C(=O)O. The van der Waals surface area contributed by atoms with Crippen molar-refractivity contribution >= 4 is 23.5 Å². The zero-order valence-electron chi connectivity index (χ0n) is 14.0. The number of nitrogens with zero attached hydrogens (tertiary/aromatic N) is 4. The van der Waals surface area contributed by atoms with Gasteiger partial charge in [-0.3, -0.25) is 9.59 Å². The normalized spacial score (nSPS) is 15.0. The van der Waals surface area contributed by atoms with E-state index in [2.05, 4.69) is 10.1 Å². The molecule has 2 aromatic rings. The van der Waals surface area contributed by atoms with Crippen molar-refractivity contribution in [3.63, 3.8) is 0 Å². The van der Waals surface area contributed by atoms with Crippen molar-refractivity contribution in [1.29, 1.82) is 0 Å². The third-order valence-corrected chi connectivity index (χ3v) is 4.48. The minimum absolute atomic E-state index is 0.0573. The molecule has 1 amide bonds. The Balaban J connectivity index is 1.91. The Kier molecular flexibility index (Phi) is 4.76. The topological polar surface area (TPSA) is 88.3 Å². The molecule has 0 aliphatic heterocycles. The van der Waals surface area contributed by atoms with Crippen molar-refractivity contribution in [3.8, 4) is 5.69 Å². The summed E-state index contributed by atoms with van der Waals surface area (Å²) in [5.74, 6) is -0.970. The first-order chi connectivity index (χ1) is 11.9. The average molecular weight is 363 g/mol. The van der Waals surface area contributed by atoms with Crippen LogP contribution < -0.4 is 0 Å². The van der Waals surface area contributed by atoms with Crippen LogP contribution in [0.2, 0.25) is 5.02 Å². The van der Waals surface area contributed by atoms with E-state index in [1.807, 2.05) is 18.2 Å². The number of carboxylic acids is 1. The van der Waals surface area contributed by atoms with Crippen molar-refractivity contribution in [1.82, 2.24) is 19.7 Å². The third kappa shape index (κ3) is 3.66. The van der Waals surface area contributed by atoms with E-state index in [4.69, 9.17) is 16.7 Å². The van der Waals surface area contributed by atoms with Crippen molar-refractivity contribution in [2.75, 3.05) is 13.6 Å². The lowest BCUT2D eigenvalue weighted by Crippen LogP contribution is -2.34. The Morgan fingerprint density at radius 2 is 2.08 bits per heavy atom. The third-order valence-electron chi connectivity index (χ3n) is 4.16. The van der Waals surface area contributed by atoms with Gasteiger partial charge in [-0.15, -0.1) is 5.10 Å². The van der Waals surface area contributed by atoms with Crippen LogP contribution in [0.4, 0.5) is 0 Å². The highest BCUT2D eigenvalue weighted by Gasteiger charge is 2.32. The summed E-state index contributed by atoms with van der Waals surface area (Å²) in [6.07, 6.45) is 2.01. The van der Waals surface area contributed by atoms with Gasteiger partial charge in [-0.1, -0.05) is 30.7 Å². The number of aromatic nitrogens is 3. The Morgan fingerprint density at radius 1 is 1.40 bits per heavy atom. The molecule has 1 aromatic carbocycles. The van der Waals surface area contributed by atoms with E-state index in [0.29, 0.717) is 10.7 Å². The Labute approximate surface area is 150 Å². The molecule has 8 heteroatoms. The van der Waals surface area contributed by atoms with Crippen molar-refractivity contribution in [2.45, 2.75) is 25.7 Å². The molecule has 1 unspecified atom stereocenters. The number of rotatable bonds is 6. The number of benzene rings is 1. The predicted molar refractivity (Wildman–Crippen MR) is 92.1 cm³/mol. The van der Waals surface area contributed by atoms with Gasteiger partial charge in [0.25, 0.3) is 5.91 Å².